The highest BCUT2D eigenvalue weighted by molar-refractivity contribution is 5.83. The average Bonchev–Trinajstić information content (AvgIpc) is 2.94. The number of ether oxygens (including phenoxy) is 4. The number of rotatable bonds is 21. The smallest absolute Gasteiger partial charge is 0.302 e. The predicted molar refractivity (Wildman–Crippen MR) is 174 cm³/mol. The van der Waals surface area contributed by atoms with E-state index in [1.54, 1.807) is 28.1 Å². The number of methoxy groups -OCH3 is 2. The fourth-order valence-corrected chi connectivity index (χ4v) is 5.10. The van der Waals surface area contributed by atoms with E-state index in [1.807, 2.05) is 32.0 Å². The minimum absolute atomic E-state index is 0.0765. The Morgan fingerprint density at radius 1 is 0.933 bits per heavy atom. The number of carbonyl (C=O) groups excluding carboxylic acids is 4. The van der Waals surface area contributed by atoms with Crippen LogP contribution in [0.15, 0.2) is 18.2 Å². The van der Waals surface area contributed by atoms with E-state index in [0.717, 1.165) is 12.0 Å². The zero-order chi connectivity index (χ0) is 34.3. The molecule has 1 rings (SSSR count). The minimum atomic E-state index is -0.925. The third kappa shape index (κ3) is 14.1. The number of esters is 1. The minimum Gasteiger partial charge on any atom is -0.493 e. The van der Waals surface area contributed by atoms with Gasteiger partial charge < -0.3 is 35.3 Å². The van der Waals surface area contributed by atoms with E-state index in [-0.39, 0.29) is 42.5 Å². The molecule has 0 aromatic heterocycles. The van der Waals surface area contributed by atoms with Gasteiger partial charge in [-0.2, -0.15) is 0 Å². The topological polar surface area (TPSA) is 155 Å². The van der Waals surface area contributed by atoms with Gasteiger partial charge in [0.15, 0.2) is 11.5 Å². The lowest BCUT2D eigenvalue weighted by molar-refractivity contribution is -0.151. The van der Waals surface area contributed by atoms with Crippen LogP contribution in [0.1, 0.15) is 80.2 Å². The summed E-state index contributed by atoms with van der Waals surface area (Å²) < 4.78 is 22.4. The average molecular weight is 636 g/mol. The molecule has 0 saturated carbocycles. The van der Waals surface area contributed by atoms with Crippen molar-refractivity contribution >= 4 is 23.7 Å². The molecule has 0 radical (unpaired) electrons. The highest BCUT2D eigenvalue weighted by atomic mass is 16.5. The molecule has 0 fully saturated rings. The van der Waals surface area contributed by atoms with Crippen LogP contribution >= 0.6 is 0 Å². The molecule has 0 aliphatic heterocycles. The van der Waals surface area contributed by atoms with Crippen molar-refractivity contribution in [2.24, 2.45) is 34.8 Å². The Kier molecular flexibility index (Phi) is 17.0. The number of amides is 3. The van der Waals surface area contributed by atoms with Crippen LogP contribution in [0.4, 0.5) is 0 Å². The monoisotopic (exact) mass is 635 g/mol. The molecule has 0 aliphatic carbocycles. The summed E-state index contributed by atoms with van der Waals surface area (Å²) >= 11 is 0. The summed E-state index contributed by atoms with van der Waals surface area (Å²) in [6.07, 6.45) is 1.36. The van der Waals surface area contributed by atoms with E-state index in [0.29, 0.717) is 37.6 Å². The van der Waals surface area contributed by atoms with Crippen LogP contribution in [0, 0.1) is 29.1 Å². The third-order valence-electron chi connectivity index (χ3n) is 8.13. The van der Waals surface area contributed by atoms with Gasteiger partial charge in [-0.25, -0.2) is 0 Å². The second kappa shape index (κ2) is 19.2. The summed E-state index contributed by atoms with van der Waals surface area (Å²) in [7, 11) is 3.25. The normalized spacial score (nSPS) is 14.3. The fourth-order valence-electron chi connectivity index (χ4n) is 5.10. The van der Waals surface area contributed by atoms with Gasteiger partial charge >= 0.3 is 5.97 Å². The molecule has 11 heteroatoms. The van der Waals surface area contributed by atoms with Gasteiger partial charge in [0.25, 0.3) is 0 Å². The van der Waals surface area contributed by atoms with Gasteiger partial charge in [-0.05, 0) is 68.6 Å². The molecule has 0 saturated heterocycles. The molecule has 256 valence electrons. The molecule has 1 aromatic rings. The molecule has 4 N–H and O–H groups in total. The van der Waals surface area contributed by atoms with E-state index in [1.165, 1.54) is 13.8 Å². The van der Waals surface area contributed by atoms with Crippen molar-refractivity contribution in [1.29, 1.82) is 0 Å². The van der Waals surface area contributed by atoms with Crippen molar-refractivity contribution < 1.29 is 38.1 Å². The number of benzene rings is 1. The Labute approximate surface area is 269 Å². The fraction of sp³-hybridized carbons (Fsp3) is 0.706. The zero-order valence-corrected chi connectivity index (χ0v) is 29.0. The summed E-state index contributed by atoms with van der Waals surface area (Å²) in [5.41, 5.74) is 5.60. The van der Waals surface area contributed by atoms with E-state index >= 15 is 0 Å². The van der Waals surface area contributed by atoms with Crippen LogP contribution in [0.3, 0.4) is 0 Å². The molecule has 45 heavy (non-hydrogen) atoms. The first-order valence-electron chi connectivity index (χ1n) is 15.8. The van der Waals surface area contributed by atoms with Crippen molar-refractivity contribution in [1.82, 2.24) is 10.6 Å². The van der Waals surface area contributed by atoms with Crippen LogP contribution in [0.25, 0.3) is 0 Å². The molecule has 3 amide bonds. The van der Waals surface area contributed by atoms with E-state index in [4.69, 9.17) is 24.7 Å². The van der Waals surface area contributed by atoms with Crippen LogP contribution in [0.5, 0.6) is 11.5 Å². The molecule has 0 aliphatic rings. The van der Waals surface area contributed by atoms with Gasteiger partial charge in [0.1, 0.15) is 6.10 Å². The molecular formula is C34H57N3O8. The number of nitrogens with two attached hydrogens (primary N) is 1. The van der Waals surface area contributed by atoms with Crippen molar-refractivity contribution in [3.63, 3.8) is 0 Å². The maximum absolute atomic E-state index is 13.4. The number of nitrogens with one attached hydrogen (secondary N) is 2. The van der Waals surface area contributed by atoms with Crippen LogP contribution in [-0.4, -0.2) is 69.8 Å². The molecule has 0 heterocycles. The first-order valence-corrected chi connectivity index (χ1v) is 15.8. The molecular weight excluding hydrogens is 578 g/mol. The summed E-state index contributed by atoms with van der Waals surface area (Å²) in [5.74, 6) is -0.625. The number of primary amides is 1. The van der Waals surface area contributed by atoms with Gasteiger partial charge in [0.05, 0.1) is 25.2 Å². The SMILES string of the molecule is COCCCOc1cc(C[C@@H](C[C@H](NC(C)=O)[C@H](C[C@H](C(=O)NCC(C)(C)C(N)=O)C(C)C)OC(C)=O)C(C)C)ccc1OC. The molecule has 11 nitrogen and oxygen atoms in total. The van der Waals surface area contributed by atoms with Crippen LogP contribution in [0.2, 0.25) is 0 Å². The largest absolute Gasteiger partial charge is 0.493 e. The molecule has 0 unspecified atom stereocenters. The Morgan fingerprint density at radius 2 is 1.60 bits per heavy atom. The second-order valence-corrected chi connectivity index (χ2v) is 13.1. The lowest BCUT2D eigenvalue weighted by Gasteiger charge is -2.34. The Morgan fingerprint density at radius 3 is 2.11 bits per heavy atom. The first kappa shape index (κ1) is 39.7. The standard InChI is InChI=1S/C34H57N3O8/c1-21(2)26(16-25-12-13-29(43-10)31(17-25)44-15-11-14-42-9)18-28(37-23(5)38)30(45-24(6)39)19-27(22(3)4)32(40)36-20-34(7,8)33(35)41/h12-13,17,21-22,26-28,30H,11,14-16,18-20H2,1-10H3,(H2,35,41)(H,36,40)(H,37,38)/t26-,27-,28-,30-/m0/s1. The van der Waals surface area contributed by atoms with Gasteiger partial charge in [0.2, 0.25) is 17.7 Å². The zero-order valence-electron chi connectivity index (χ0n) is 29.0. The maximum Gasteiger partial charge on any atom is 0.302 e. The van der Waals surface area contributed by atoms with Crippen molar-refractivity contribution in [3.8, 4) is 11.5 Å². The molecule has 0 bridgehead atoms. The number of hydrogen-bond donors (Lipinski definition) is 3. The Bertz CT molecular complexity index is 1100. The Hall–Kier alpha value is -3.34. The van der Waals surface area contributed by atoms with Crippen molar-refractivity contribution in [2.75, 3.05) is 34.0 Å². The summed E-state index contributed by atoms with van der Waals surface area (Å²) in [4.78, 5) is 49.9. The second-order valence-electron chi connectivity index (χ2n) is 13.1. The van der Waals surface area contributed by atoms with Crippen LogP contribution in [-0.2, 0) is 35.1 Å². The molecule has 0 spiro atoms. The van der Waals surface area contributed by atoms with E-state index in [9.17, 15) is 19.2 Å². The molecule has 1 aromatic carbocycles. The van der Waals surface area contributed by atoms with Gasteiger partial charge in [-0.1, -0.05) is 33.8 Å². The third-order valence-corrected chi connectivity index (χ3v) is 8.13. The van der Waals surface area contributed by atoms with Gasteiger partial charge in [0, 0.05) is 46.4 Å². The number of hydrogen-bond acceptors (Lipinski definition) is 8. The summed E-state index contributed by atoms with van der Waals surface area (Å²) in [6.45, 7) is 15.3. The van der Waals surface area contributed by atoms with Gasteiger partial charge in [-0.15, -0.1) is 0 Å². The van der Waals surface area contributed by atoms with Crippen molar-refractivity contribution in [2.45, 2.75) is 93.2 Å². The Balaban J connectivity index is 3.31. The van der Waals surface area contributed by atoms with Crippen LogP contribution < -0.4 is 25.8 Å². The molecule has 4 atom stereocenters. The maximum atomic E-state index is 13.4. The number of carbonyl (C=O) groups is 4. The summed E-state index contributed by atoms with van der Waals surface area (Å²) in [6, 6.07) is 5.32. The lowest BCUT2D eigenvalue weighted by Crippen LogP contribution is -2.49. The van der Waals surface area contributed by atoms with Gasteiger partial charge in [-0.3, -0.25) is 19.2 Å². The first-order chi connectivity index (χ1) is 21.0. The summed E-state index contributed by atoms with van der Waals surface area (Å²) in [5, 5.41) is 5.87. The predicted octanol–water partition coefficient (Wildman–Crippen LogP) is 4.04. The lowest BCUT2D eigenvalue weighted by atomic mass is 9.80. The quantitative estimate of drug-likeness (QED) is 0.135. The van der Waals surface area contributed by atoms with E-state index in [2.05, 4.69) is 24.5 Å². The highest BCUT2D eigenvalue weighted by Gasteiger charge is 2.36. The highest BCUT2D eigenvalue weighted by Crippen LogP contribution is 2.32. The van der Waals surface area contributed by atoms with Crippen molar-refractivity contribution in [3.05, 3.63) is 23.8 Å². The van der Waals surface area contributed by atoms with E-state index < -0.39 is 35.4 Å².